The highest BCUT2D eigenvalue weighted by molar-refractivity contribution is 5.98. The summed E-state index contributed by atoms with van der Waals surface area (Å²) in [6.45, 7) is 15.0. The van der Waals surface area contributed by atoms with Crippen molar-refractivity contribution in [3.63, 3.8) is 0 Å². The highest BCUT2D eigenvalue weighted by Crippen LogP contribution is 2.19. The predicted octanol–water partition coefficient (Wildman–Crippen LogP) is 9.00. The van der Waals surface area contributed by atoms with Gasteiger partial charge in [-0.05, 0) is 62.9 Å². The van der Waals surface area contributed by atoms with Gasteiger partial charge >= 0.3 is 0 Å². The van der Waals surface area contributed by atoms with Gasteiger partial charge in [-0.2, -0.15) is 0 Å². The number of rotatable bonds is 25. The minimum atomic E-state index is -0.203. The van der Waals surface area contributed by atoms with Crippen molar-refractivity contribution in [2.75, 3.05) is 51.5 Å². The number of aromatic nitrogens is 2. The first-order valence-electron chi connectivity index (χ1n) is 19.4. The molecule has 0 spiro atoms. The summed E-state index contributed by atoms with van der Waals surface area (Å²) < 4.78 is 16.2. The second-order valence-electron chi connectivity index (χ2n) is 12.5. The van der Waals surface area contributed by atoms with Crippen molar-refractivity contribution < 1.29 is 28.6 Å². The van der Waals surface area contributed by atoms with Gasteiger partial charge < -0.3 is 24.3 Å². The molecule has 0 bridgehead atoms. The van der Waals surface area contributed by atoms with Crippen molar-refractivity contribution >= 4 is 34.7 Å². The zero-order chi connectivity index (χ0) is 38.8. The number of ether oxygens (including phenoxy) is 3. The van der Waals surface area contributed by atoms with E-state index in [2.05, 4.69) is 51.3 Å². The number of anilines is 1. The number of amides is 1. The number of carbonyl (C=O) groups excluding carboxylic acids is 3. The van der Waals surface area contributed by atoms with E-state index in [4.69, 9.17) is 14.2 Å². The third-order valence-electron chi connectivity index (χ3n) is 7.55. The van der Waals surface area contributed by atoms with Crippen LogP contribution in [0.1, 0.15) is 129 Å². The number of amidine groups is 1. The number of Topliss-reactive ketones (excluding diaryl/α,β-unsaturated/α-hetero) is 2. The van der Waals surface area contributed by atoms with Gasteiger partial charge in [0.05, 0.1) is 50.6 Å². The summed E-state index contributed by atoms with van der Waals surface area (Å²) in [4.78, 5) is 46.7. The van der Waals surface area contributed by atoms with Crippen LogP contribution < -0.4 is 5.32 Å². The van der Waals surface area contributed by atoms with Crippen molar-refractivity contribution in [3.8, 4) is 0 Å². The number of pyridine rings is 2. The maximum atomic E-state index is 12.0. The van der Waals surface area contributed by atoms with Crippen LogP contribution in [0.3, 0.4) is 0 Å². The standard InChI is InChI=1S/C21H22N6O2.C14H30O3.C6H12O/c1-2-5-16(28)8-10-20(29)25-15-7-9-17(24-14-15)18-11-13-23-21(27-26-18)19-6-3-4-12-22-19;1-3-5-7-8-10-16-12-14-17-13-11-15-9-6-4-2;1-3-4-5-6(2)7/h3-4,6-7,9,11-12,14H,2,5,8,10,13H2,1H3,(H,25,29);3-14H2,1-2H3;3-5H2,1-2H3. The smallest absolute Gasteiger partial charge is 0.224 e. The SMILES string of the molecule is CCCC(=O)CCC(=O)Nc1ccc(C2=CCN=C(c3ccccn3)N=N2)nc1.CCCCC(C)=O.CCCCCCOCCOCCOCCCC. The molecular formula is C41H64N6O6. The van der Waals surface area contributed by atoms with Crippen LogP contribution in [0.2, 0.25) is 0 Å². The van der Waals surface area contributed by atoms with Crippen molar-refractivity contribution in [2.45, 2.75) is 118 Å². The molecule has 0 aromatic carbocycles. The molecular weight excluding hydrogens is 672 g/mol. The number of azo groups is 1. The van der Waals surface area contributed by atoms with Crippen molar-refractivity contribution in [3.05, 3.63) is 60.2 Å². The van der Waals surface area contributed by atoms with Gasteiger partial charge in [0.15, 0.2) is 5.84 Å². The molecule has 294 valence electrons. The van der Waals surface area contributed by atoms with Crippen LogP contribution in [-0.4, -0.2) is 79.5 Å². The summed E-state index contributed by atoms with van der Waals surface area (Å²) in [7, 11) is 0. The molecule has 0 fully saturated rings. The first-order valence-corrected chi connectivity index (χ1v) is 19.4. The molecule has 0 radical (unpaired) electrons. The molecule has 3 heterocycles. The van der Waals surface area contributed by atoms with Crippen molar-refractivity contribution in [1.29, 1.82) is 0 Å². The molecule has 0 atom stereocenters. The zero-order valence-corrected chi connectivity index (χ0v) is 32.9. The van der Waals surface area contributed by atoms with E-state index in [-0.39, 0.29) is 24.5 Å². The molecule has 3 rings (SSSR count). The Morgan fingerprint density at radius 3 is 1.94 bits per heavy atom. The zero-order valence-electron chi connectivity index (χ0n) is 32.9. The fraction of sp³-hybridized carbons (Fsp3) is 0.610. The maximum Gasteiger partial charge on any atom is 0.224 e. The van der Waals surface area contributed by atoms with Crippen LogP contribution in [0.4, 0.5) is 5.69 Å². The predicted molar refractivity (Wildman–Crippen MR) is 212 cm³/mol. The van der Waals surface area contributed by atoms with Crippen LogP contribution >= 0.6 is 0 Å². The lowest BCUT2D eigenvalue weighted by Crippen LogP contribution is -2.13. The first-order chi connectivity index (χ1) is 25.8. The quantitative estimate of drug-likeness (QED) is 0.0991. The molecule has 12 nitrogen and oxygen atoms in total. The molecule has 0 unspecified atom stereocenters. The molecule has 0 saturated heterocycles. The Bertz CT molecular complexity index is 1330. The van der Waals surface area contributed by atoms with Gasteiger partial charge in [0.25, 0.3) is 0 Å². The maximum absolute atomic E-state index is 12.0. The molecule has 0 aliphatic carbocycles. The Kier molecular flexibility index (Phi) is 29.0. The average Bonchev–Trinajstić information content (AvgIpc) is 3.43. The number of ketones is 2. The Balaban J connectivity index is 0.000000495. The third kappa shape index (κ3) is 25.6. The number of nitrogens with zero attached hydrogens (tertiary/aromatic N) is 5. The van der Waals surface area contributed by atoms with E-state index in [1.54, 1.807) is 31.5 Å². The van der Waals surface area contributed by atoms with Crippen LogP contribution in [0.5, 0.6) is 0 Å². The molecule has 0 saturated carbocycles. The molecule has 1 amide bonds. The van der Waals surface area contributed by atoms with Crippen LogP contribution in [0.15, 0.2) is 64.0 Å². The van der Waals surface area contributed by atoms with Crippen LogP contribution in [0.25, 0.3) is 5.70 Å². The number of nitrogens with one attached hydrogen (secondary N) is 1. The van der Waals surface area contributed by atoms with Crippen molar-refractivity contribution in [2.24, 2.45) is 15.2 Å². The van der Waals surface area contributed by atoms with Gasteiger partial charge in [-0.25, -0.2) is 0 Å². The van der Waals surface area contributed by atoms with Crippen LogP contribution in [0, 0.1) is 0 Å². The fourth-order valence-corrected chi connectivity index (χ4v) is 4.52. The number of carbonyl (C=O) groups is 3. The van der Waals surface area contributed by atoms with Crippen LogP contribution in [-0.2, 0) is 28.6 Å². The average molecular weight is 737 g/mol. The van der Waals surface area contributed by atoms with Gasteiger partial charge in [-0.3, -0.25) is 24.5 Å². The molecule has 1 aliphatic rings. The minimum Gasteiger partial charge on any atom is -0.379 e. The molecule has 12 heteroatoms. The Labute approximate surface area is 317 Å². The van der Waals surface area contributed by atoms with E-state index >= 15 is 0 Å². The number of unbranched alkanes of at least 4 members (excludes halogenated alkanes) is 5. The van der Waals surface area contributed by atoms with Gasteiger partial charge in [0, 0.05) is 45.1 Å². The second kappa shape index (κ2) is 32.6. The third-order valence-corrected chi connectivity index (χ3v) is 7.55. The van der Waals surface area contributed by atoms with Gasteiger partial charge in [-0.15, -0.1) is 10.2 Å². The Hall–Kier alpha value is -4.00. The van der Waals surface area contributed by atoms with E-state index in [0.29, 0.717) is 73.8 Å². The molecule has 1 N–H and O–H groups in total. The lowest BCUT2D eigenvalue weighted by molar-refractivity contribution is -0.123. The molecule has 53 heavy (non-hydrogen) atoms. The van der Waals surface area contributed by atoms with E-state index in [0.717, 1.165) is 45.3 Å². The Morgan fingerprint density at radius 1 is 0.660 bits per heavy atom. The molecule has 2 aromatic rings. The second-order valence-corrected chi connectivity index (χ2v) is 12.5. The summed E-state index contributed by atoms with van der Waals surface area (Å²) in [6.07, 6.45) is 17.1. The topological polar surface area (TPSA) is 154 Å². The van der Waals surface area contributed by atoms with E-state index in [1.165, 1.54) is 32.1 Å². The Morgan fingerprint density at radius 2 is 1.36 bits per heavy atom. The largest absolute Gasteiger partial charge is 0.379 e. The highest BCUT2D eigenvalue weighted by Gasteiger charge is 2.11. The normalized spacial score (nSPS) is 11.9. The summed E-state index contributed by atoms with van der Waals surface area (Å²) in [6, 6.07) is 9.03. The van der Waals surface area contributed by atoms with Crippen molar-refractivity contribution in [1.82, 2.24) is 9.97 Å². The number of hydrogen-bond acceptors (Lipinski definition) is 11. The lowest BCUT2D eigenvalue weighted by atomic mass is 10.1. The van der Waals surface area contributed by atoms with E-state index in [1.807, 2.05) is 31.2 Å². The number of aliphatic imine (C=N–C) groups is 1. The van der Waals surface area contributed by atoms with Gasteiger partial charge in [0.2, 0.25) is 5.91 Å². The summed E-state index contributed by atoms with van der Waals surface area (Å²) in [5.41, 5.74) is 2.46. The monoisotopic (exact) mass is 736 g/mol. The van der Waals surface area contributed by atoms with Gasteiger partial charge in [-0.1, -0.05) is 65.9 Å². The first kappa shape index (κ1) is 47.0. The van der Waals surface area contributed by atoms with E-state index in [9.17, 15) is 14.4 Å². The highest BCUT2D eigenvalue weighted by atomic mass is 16.5. The summed E-state index contributed by atoms with van der Waals surface area (Å²) in [5, 5.41) is 11.2. The fourth-order valence-electron chi connectivity index (χ4n) is 4.52. The van der Waals surface area contributed by atoms with E-state index < -0.39 is 0 Å². The summed E-state index contributed by atoms with van der Waals surface area (Å²) >= 11 is 0. The minimum absolute atomic E-state index is 0.106. The summed E-state index contributed by atoms with van der Waals surface area (Å²) in [5.74, 6) is 0.681. The van der Waals surface area contributed by atoms with Gasteiger partial charge in [0.1, 0.15) is 23.0 Å². The lowest BCUT2D eigenvalue weighted by Gasteiger charge is -2.06. The molecule has 2 aromatic heterocycles. The number of hydrogen-bond donors (Lipinski definition) is 1. The molecule has 1 aliphatic heterocycles.